The Morgan fingerprint density at radius 3 is 2.50 bits per heavy atom. The summed E-state index contributed by atoms with van der Waals surface area (Å²) in [6, 6.07) is 0. The van der Waals surface area contributed by atoms with Crippen molar-refractivity contribution in [3.8, 4) is 0 Å². The zero-order chi connectivity index (χ0) is 13.7. The van der Waals surface area contributed by atoms with E-state index in [1.54, 1.807) is 14.2 Å². The van der Waals surface area contributed by atoms with E-state index in [1.807, 2.05) is 0 Å². The maximum Gasteiger partial charge on any atom is 0.156 e. The minimum atomic E-state index is -1.11. The molecule has 0 aromatic rings. The number of hydrogen-bond donors (Lipinski definition) is 3. The van der Waals surface area contributed by atoms with Crippen LogP contribution in [0.1, 0.15) is 12.8 Å². The van der Waals surface area contributed by atoms with Gasteiger partial charge in [-0.05, 0) is 12.0 Å². The topological polar surface area (TPSA) is 88.4 Å². The van der Waals surface area contributed by atoms with Gasteiger partial charge in [0.1, 0.15) is 18.3 Å². The van der Waals surface area contributed by atoms with Gasteiger partial charge in [-0.15, -0.1) is 0 Å². The van der Waals surface area contributed by atoms with Crippen LogP contribution in [-0.2, 0) is 14.2 Å². The minimum Gasteiger partial charge on any atom is -0.394 e. The van der Waals surface area contributed by atoms with E-state index in [-0.39, 0.29) is 12.4 Å². The first-order valence-electron chi connectivity index (χ1n) is 5.91. The summed E-state index contributed by atoms with van der Waals surface area (Å²) in [4.78, 5) is 0. The van der Waals surface area contributed by atoms with Crippen molar-refractivity contribution in [1.82, 2.24) is 0 Å². The summed E-state index contributed by atoms with van der Waals surface area (Å²) < 4.78 is 15.6. The van der Waals surface area contributed by atoms with E-state index in [0.717, 1.165) is 0 Å². The maximum atomic E-state index is 9.85. The van der Waals surface area contributed by atoms with Crippen molar-refractivity contribution >= 4 is 0 Å². The number of rotatable bonds is 7. The molecule has 0 radical (unpaired) electrons. The number of aliphatic hydroxyl groups is 3. The highest BCUT2D eigenvalue weighted by atomic mass is 16.7. The molecule has 1 saturated heterocycles. The fourth-order valence-corrected chi connectivity index (χ4v) is 2.03. The van der Waals surface area contributed by atoms with Gasteiger partial charge in [0.15, 0.2) is 6.29 Å². The molecule has 1 aliphatic rings. The van der Waals surface area contributed by atoms with E-state index in [9.17, 15) is 10.2 Å². The maximum absolute atomic E-state index is 9.85. The highest BCUT2D eigenvalue weighted by Crippen LogP contribution is 2.30. The lowest BCUT2D eigenvalue weighted by atomic mass is 10.00. The molecule has 18 heavy (non-hydrogen) atoms. The van der Waals surface area contributed by atoms with Gasteiger partial charge in [0.25, 0.3) is 0 Å². The lowest BCUT2D eigenvalue weighted by Crippen LogP contribution is -2.37. The van der Waals surface area contributed by atoms with Gasteiger partial charge in [0.2, 0.25) is 0 Å². The van der Waals surface area contributed by atoms with Gasteiger partial charge < -0.3 is 29.5 Å². The molecule has 6 nitrogen and oxygen atoms in total. The van der Waals surface area contributed by atoms with E-state index >= 15 is 0 Å². The molecule has 1 fully saturated rings. The van der Waals surface area contributed by atoms with Crippen LogP contribution in [0, 0.1) is 0 Å². The summed E-state index contributed by atoms with van der Waals surface area (Å²) in [5.41, 5.74) is 0.512. The third-order valence-electron chi connectivity index (χ3n) is 3.18. The van der Waals surface area contributed by atoms with Gasteiger partial charge in [-0.1, -0.05) is 6.58 Å². The Bertz CT molecular complexity index is 265. The largest absolute Gasteiger partial charge is 0.394 e. The highest BCUT2D eigenvalue weighted by Gasteiger charge is 2.41. The molecule has 0 bridgehead atoms. The van der Waals surface area contributed by atoms with Crippen LogP contribution in [0.4, 0.5) is 0 Å². The third-order valence-corrected chi connectivity index (χ3v) is 3.18. The second-order valence-corrected chi connectivity index (χ2v) is 4.34. The summed E-state index contributed by atoms with van der Waals surface area (Å²) >= 11 is 0. The molecule has 0 aliphatic carbocycles. The van der Waals surface area contributed by atoms with Crippen LogP contribution in [-0.4, -0.2) is 66.9 Å². The summed E-state index contributed by atoms with van der Waals surface area (Å²) in [5.74, 6) is 0. The smallest absolute Gasteiger partial charge is 0.156 e. The van der Waals surface area contributed by atoms with Crippen LogP contribution in [0.3, 0.4) is 0 Å². The highest BCUT2D eigenvalue weighted by molar-refractivity contribution is 5.17. The molecule has 0 aromatic heterocycles. The standard InChI is InChI=1S/C12H22O6/c1-7-9(4-5-10(16-2)17-3)18-12(11(7)15)8(14)6-13/h8-15H,1,4-6H2,2-3H3/t8-,9?,11+,12+/m1/s1. The van der Waals surface area contributed by atoms with E-state index in [0.29, 0.717) is 18.4 Å². The fourth-order valence-electron chi connectivity index (χ4n) is 2.03. The van der Waals surface area contributed by atoms with Crippen LogP contribution >= 0.6 is 0 Å². The summed E-state index contributed by atoms with van der Waals surface area (Å²) in [6.07, 6.45) is -2.43. The Labute approximate surface area is 107 Å². The quantitative estimate of drug-likeness (QED) is 0.420. The lowest BCUT2D eigenvalue weighted by molar-refractivity contribution is -0.117. The SMILES string of the molecule is C=C1C(CCC(OC)OC)O[C@@H]([C@H](O)CO)[C@H]1O. The van der Waals surface area contributed by atoms with Crippen molar-refractivity contribution in [2.75, 3.05) is 20.8 Å². The minimum absolute atomic E-state index is 0.333. The van der Waals surface area contributed by atoms with Gasteiger partial charge in [0.05, 0.1) is 12.7 Å². The molecule has 6 heteroatoms. The molecule has 4 atom stereocenters. The van der Waals surface area contributed by atoms with Crippen molar-refractivity contribution in [3.05, 3.63) is 12.2 Å². The zero-order valence-electron chi connectivity index (χ0n) is 10.8. The number of methoxy groups -OCH3 is 2. The Morgan fingerprint density at radius 1 is 1.39 bits per heavy atom. The molecule has 3 N–H and O–H groups in total. The van der Waals surface area contributed by atoms with E-state index < -0.39 is 24.9 Å². The Kier molecular flexibility index (Phi) is 6.20. The normalized spacial score (nSPS) is 30.1. The predicted octanol–water partition coefficient (Wildman–Crippen LogP) is -0.577. The first kappa shape index (κ1) is 15.6. The Balaban J connectivity index is 2.51. The number of aliphatic hydroxyl groups excluding tert-OH is 3. The van der Waals surface area contributed by atoms with E-state index in [2.05, 4.69) is 6.58 Å². The van der Waals surface area contributed by atoms with Crippen molar-refractivity contribution in [2.45, 2.75) is 43.5 Å². The van der Waals surface area contributed by atoms with Gasteiger partial charge in [-0.25, -0.2) is 0 Å². The molecular formula is C12H22O6. The van der Waals surface area contributed by atoms with Crippen LogP contribution in [0.15, 0.2) is 12.2 Å². The third kappa shape index (κ3) is 3.50. The Morgan fingerprint density at radius 2 is 2.00 bits per heavy atom. The molecule has 1 rings (SSSR count). The molecule has 0 saturated carbocycles. The van der Waals surface area contributed by atoms with Gasteiger partial charge in [0, 0.05) is 20.6 Å². The number of ether oxygens (including phenoxy) is 3. The van der Waals surface area contributed by atoms with Crippen molar-refractivity contribution in [1.29, 1.82) is 0 Å². The molecule has 0 aromatic carbocycles. The summed E-state index contributed by atoms with van der Waals surface area (Å²) in [6.45, 7) is 3.31. The Hall–Kier alpha value is -0.500. The molecule has 1 heterocycles. The number of hydrogen-bond acceptors (Lipinski definition) is 6. The van der Waals surface area contributed by atoms with E-state index in [1.165, 1.54) is 0 Å². The first-order valence-corrected chi connectivity index (χ1v) is 5.91. The molecule has 0 amide bonds. The van der Waals surface area contributed by atoms with Crippen LogP contribution in [0.25, 0.3) is 0 Å². The second kappa shape index (κ2) is 7.18. The monoisotopic (exact) mass is 262 g/mol. The molecule has 106 valence electrons. The molecule has 0 spiro atoms. The average Bonchev–Trinajstić information content (AvgIpc) is 2.67. The zero-order valence-corrected chi connectivity index (χ0v) is 10.8. The van der Waals surface area contributed by atoms with Crippen LogP contribution < -0.4 is 0 Å². The molecule has 1 unspecified atom stereocenters. The average molecular weight is 262 g/mol. The molecular weight excluding hydrogens is 240 g/mol. The lowest BCUT2D eigenvalue weighted by Gasteiger charge is -2.19. The van der Waals surface area contributed by atoms with Crippen molar-refractivity contribution in [3.63, 3.8) is 0 Å². The van der Waals surface area contributed by atoms with Gasteiger partial charge in [-0.2, -0.15) is 0 Å². The first-order chi connectivity index (χ1) is 8.54. The predicted molar refractivity (Wildman–Crippen MR) is 63.9 cm³/mol. The van der Waals surface area contributed by atoms with Gasteiger partial charge >= 0.3 is 0 Å². The molecule has 1 aliphatic heterocycles. The van der Waals surface area contributed by atoms with Crippen molar-refractivity contribution < 1.29 is 29.5 Å². The van der Waals surface area contributed by atoms with E-state index in [4.69, 9.17) is 19.3 Å². The van der Waals surface area contributed by atoms with Crippen LogP contribution in [0.2, 0.25) is 0 Å². The fraction of sp³-hybridized carbons (Fsp3) is 0.833. The van der Waals surface area contributed by atoms with Gasteiger partial charge in [-0.3, -0.25) is 0 Å². The summed E-state index contributed by atoms with van der Waals surface area (Å²) in [7, 11) is 3.09. The van der Waals surface area contributed by atoms with Crippen LogP contribution in [0.5, 0.6) is 0 Å². The second-order valence-electron chi connectivity index (χ2n) is 4.34. The van der Waals surface area contributed by atoms with Crippen molar-refractivity contribution in [2.24, 2.45) is 0 Å². The summed E-state index contributed by atoms with van der Waals surface area (Å²) in [5, 5.41) is 28.2.